The Labute approximate surface area is 195 Å². The highest BCUT2D eigenvalue weighted by Gasteiger charge is 2.16. The Bertz CT molecular complexity index is 1410. The molecule has 0 bridgehead atoms. The summed E-state index contributed by atoms with van der Waals surface area (Å²) in [6.45, 7) is 0. The second-order valence-electron chi connectivity index (χ2n) is 7.07. The van der Waals surface area contributed by atoms with E-state index in [0.29, 0.717) is 5.56 Å². The van der Waals surface area contributed by atoms with Gasteiger partial charge in [-0.1, -0.05) is 0 Å². The average Bonchev–Trinajstić information content (AvgIpc) is 3.36. The van der Waals surface area contributed by atoms with Crippen LogP contribution in [0, 0.1) is 10.1 Å². The minimum atomic E-state index is -0.675. The first kappa shape index (κ1) is 22.7. The van der Waals surface area contributed by atoms with Crippen molar-refractivity contribution in [2.24, 2.45) is 0 Å². The lowest BCUT2D eigenvalue weighted by molar-refractivity contribution is -0.384. The van der Waals surface area contributed by atoms with Crippen LogP contribution in [-0.2, 0) is 0 Å². The molecule has 0 spiro atoms. The van der Waals surface area contributed by atoms with E-state index in [-0.39, 0.29) is 34.2 Å². The Hall–Kier alpha value is -5.46. The lowest BCUT2D eigenvalue weighted by Crippen LogP contribution is -2.41. The lowest BCUT2D eigenvalue weighted by atomic mass is 10.1. The fourth-order valence-electron chi connectivity index (χ4n) is 2.94. The molecule has 176 valence electrons. The van der Waals surface area contributed by atoms with Crippen molar-refractivity contribution in [1.29, 1.82) is 0 Å². The van der Waals surface area contributed by atoms with Crippen LogP contribution in [0.3, 0.4) is 0 Å². The van der Waals surface area contributed by atoms with Crippen molar-refractivity contribution in [1.82, 2.24) is 21.0 Å². The predicted octanol–water partition coefficient (Wildman–Crippen LogP) is 2.50. The highest BCUT2D eigenvalue weighted by Crippen LogP contribution is 2.38. The monoisotopic (exact) mass is 477 g/mol. The van der Waals surface area contributed by atoms with Crippen LogP contribution in [0.25, 0.3) is 22.9 Å². The van der Waals surface area contributed by atoms with Crippen molar-refractivity contribution in [3.8, 4) is 40.2 Å². The molecule has 0 saturated heterocycles. The molecule has 0 aliphatic carbocycles. The first-order chi connectivity index (χ1) is 16.7. The van der Waals surface area contributed by atoms with Crippen LogP contribution < -0.4 is 10.9 Å². The molecule has 1 aromatic heterocycles. The van der Waals surface area contributed by atoms with Crippen molar-refractivity contribution in [3.63, 3.8) is 0 Å². The largest absolute Gasteiger partial charge is 0.504 e. The number of carbonyl (C=O) groups is 2. The molecule has 1 heterocycles. The zero-order chi connectivity index (χ0) is 25.1. The first-order valence-electron chi connectivity index (χ1n) is 9.77. The number of aromatic nitrogens is 2. The fourth-order valence-corrected chi connectivity index (χ4v) is 2.94. The van der Waals surface area contributed by atoms with Gasteiger partial charge in [0.25, 0.3) is 17.5 Å². The number of nitro benzene ring substituents is 1. The van der Waals surface area contributed by atoms with E-state index in [9.17, 15) is 35.0 Å². The number of amides is 2. The van der Waals surface area contributed by atoms with Crippen molar-refractivity contribution < 1.29 is 34.2 Å². The molecule has 0 unspecified atom stereocenters. The second kappa shape index (κ2) is 9.19. The quantitative estimate of drug-likeness (QED) is 0.161. The molecule has 0 fully saturated rings. The number of rotatable bonds is 5. The maximum Gasteiger partial charge on any atom is 0.269 e. The number of aromatic hydroxyl groups is 3. The third-order valence-corrected chi connectivity index (χ3v) is 4.77. The Morgan fingerprint density at radius 1 is 0.771 bits per heavy atom. The summed E-state index contributed by atoms with van der Waals surface area (Å²) in [7, 11) is 0. The van der Waals surface area contributed by atoms with Crippen molar-refractivity contribution in [3.05, 3.63) is 81.9 Å². The summed E-state index contributed by atoms with van der Waals surface area (Å²) >= 11 is 0. The smallest absolute Gasteiger partial charge is 0.269 e. The Balaban J connectivity index is 1.40. The van der Waals surface area contributed by atoms with Crippen molar-refractivity contribution in [2.45, 2.75) is 0 Å². The summed E-state index contributed by atoms with van der Waals surface area (Å²) in [5.41, 5.74) is 5.25. The summed E-state index contributed by atoms with van der Waals surface area (Å²) in [5.74, 6) is -3.01. The number of hydrazine groups is 1. The topological polar surface area (TPSA) is 201 Å². The normalized spacial score (nSPS) is 10.5. The summed E-state index contributed by atoms with van der Waals surface area (Å²) < 4.78 is 5.53. The van der Waals surface area contributed by atoms with Gasteiger partial charge in [-0.25, -0.2) is 0 Å². The number of nitrogens with one attached hydrogen (secondary N) is 2. The standard InChI is InChI=1S/C22H15N5O8/c28-16-9-14(10-17(29)18(16)30)22-26-25-21(35-22)13-3-1-11(2-4-13)19(31)23-24-20(32)12-5-7-15(8-6-12)27(33)34/h1-10,28-30H,(H,23,31)(H,24,32). The minimum absolute atomic E-state index is 0.0265. The van der Waals surface area contributed by atoms with Crippen molar-refractivity contribution >= 4 is 17.5 Å². The van der Waals surface area contributed by atoms with Crippen LogP contribution in [0.5, 0.6) is 17.2 Å². The van der Waals surface area contributed by atoms with Gasteiger partial charge in [-0.15, -0.1) is 10.2 Å². The lowest BCUT2D eigenvalue weighted by Gasteiger charge is -2.07. The van der Waals surface area contributed by atoms with Gasteiger partial charge in [0.05, 0.1) is 4.92 Å². The average molecular weight is 477 g/mol. The predicted molar refractivity (Wildman–Crippen MR) is 118 cm³/mol. The zero-order valence-electron chi connectivity index (χ0n) is 17.5. The molecule has 4 aromatic rings. The summed E-state index contributed by atoms with van der Waals surface area (Å²) in [6, 6.07) is 13.1. The molecule has 35 heavy (non-hydrogen) atoms. The number of benzene rings is 3. The number of non-ortho nitro benzene ring substituents is 1. The number of nitro groups is 1. The Morgan fingerprint density at radius 3 is 1.71 bits per heavy atom. The SMILES string of the molecule is O=C(NNC(=O)c1ccc([N+](=O)[O-])cc1)c1ccc(-c2nnc(-c3cc(O)c(O)c(O)c3)o2)cc1. The molecular formula is C22H15N5O8. The fraction of sp³-hybridized carbons (Fsp3) is 0. The third-order valence-electron chi connectivity index (χ3n) is 4.77. The Kier molecular flexibility index (Phi) is 5.96. The molecule has 0 saturated carbocycles. The number of nitrogens with zero attached hydrogens (tertiary/aromatic N) is 3. The minimum Gasteiger partial charge on any atom is -0.504 e. The summed E-state index contributed by atoms with van der Waals surface area (Å²) in [6.07, 6.45) is 0. The van der Waals surface area contributed by atoms with Crippen LogP contribution in [0.1, 0.15) is 20.7 Å². The van der Waals surface area contributed by atoms with E-state index < -0.39 is 34.0 Å². The highest BCUT2D eigenvalue weighted by molar-refractivity contribution is 5.99. The third kappa shape index (κ3) is 4.83. The van der Waals surface area contributed by atoms with Gasteiger partial charge in [0, 0.05) is 34.4 Å². The zero-order valence-corrected chi connectivity index (χ0v) is 17.5. The molecule has 3 aromatic carbocycles. The van der Waals surface area contributed by atoms with E-state index in [1.807, 2.05) is 0 Å². The van der Waals surface area contributed by atoms with Gasteiger partial charge in [0.15, 0.2) is 17.2 Å². The Morgan fingerprint density at radius 2 is 1.23 bits per heavy atom. The van der Waals surface area contributed by atoms with E-state index in [1.54, 1.807) is 0 Å². The number of hydrogen-bond donors (Lipinski definition) is 5. The molecular weight excluding hydrogens is 462 g/mol. The van der Waals surface area contributed by atoms with Crippen molar-refractivity contribution in [2.75, 3.05) is 0 Å². The summed E-state index contributed by atoms with van der Waals surface area (Å²) in [5, 5.41) is 47.1. The molecule has 0 aliphatic rings. The van der Waals surface area contributed by atoms with Gasteiger partial charge in [0.1, 0.15) is 0 Å². The summed E-state index contributed by atoms with van der Waals surface area (Å²) in [4.78, 5) is 34.5. The number of carbonyl (C=O) groups excluding carboxylic acids is 2. The highest BCUT2D eigenvalue weighted by atomic mass is 16.6. The molecule has 4 rings (SSSR count). The number of phenolic OH excluding ortho intramolecular Hbond substituents is 3. The number of hydrogen-bond acceptors (Lipinski definition) is 10. The van der Waals surface area contributed by atoms with Crippen LogP contribution in [0.4, 0.5) is 5.69 Å². The van der Waals surface area contributed by atoms with E-state index in [1.165, 1.54) is 48.5 Å². The van der Waals surface area contributed by atoms with Crippen LogP contribution >= 0.6 is 0 Å². The van der Waals surface area contributed by atoms with E-state index in [2.05, 4.69) is 21.0 Å². The number of phenols is 3. The van der Waals surface area contributed by atoms with E-state index in [0.717, 1.165) is 12.1 Å². The van der Waals surface area contributed by atoms with Gasteiger partial charge in [0.2, 0.25) is 11.8 Å². The van der Waals surface area contributed by atoms with Gasteiger partial charge in [-0.3, -0.25) is 30.6 Å². The van der Waals surface area contributed by atoms with Gasteiger partial charge in [-0.05, 0) is 48.5 Å². The van der Waals surface area contributed by atoms with E-state index >= 15 is 0 Å². The molecule has 0 aliphatic heterocycles. The molecule has 5 N–H and O–H groups in total. The molecule has 13 heteroatoms. The van der Waals surface area contributed by atoms with E-state index in [4.69, 9.17) is 4.42 Å². The molecule has 13 nitrogen and oxygen atoms in total. The maximum absolute atomic E-state index is 12.3. The second-order valence-corrected chi connectivity index (χ2v) is 7.07. The van der Waals surface area contributed by atoms with Gasteiger partial charge >= 0.3 is 0 Å². The molecule has 0 atom stereocenters. The van der Waals surface area contributed by atoms with Gasteiger partial charge in [-0.2, -0.15) is 0 Å². The van der Waals surface area contributed by atoms with Crippen LogP contribution in [0.15, 0.2) is 65.1 Å². The van der Waals surface area contributed by atoms with Crippen LogP contribution in [0.2, 0.25) is 0 Å². The van der Waals surface area contributed by atoms with Crippen LogP contribution in [-0.4, -0.2) is 42.3 Å². The van der Waals surface area contributed by atoms with Gasteiger partial charge < -0.3 is 19.7 Å². The molecule has 0 radical (unpaired) electrons. The molecule has 2 amide bonds. The first-order valence-corrected chi connectivity index (χ1v) is 9.77. The maximum atomic E-state index is 12.3.